The first-order valence-electron chi connectivity index (χ1n) is 12.0. The third-order valence-electron chi connectivity index (χ3n) is 6.50. The van der Waals surface area contributed by atoms with Crippen LogP contribution in [0, 0.1) is 11.6 Å². The van der Waals surface area contributed by atoms with Gasteiger partial charge in [0.25, 0.3) is 0 Å². The van der Waals surface area contributed by atoms with Crippen LogP contribution in [0.25, 0.3) is 39.2 Å². The molecule has 6 rings (SSSR count). The number of sulfonamides is 1. The van der Waals surface area contributed by atoms with E-state index in [9.17, 15) is 17.2 Å². The van der Waals surface area contributed by atoms with Crippen molar-refractivity contribution in [2.24, 2.45) is 0 Å². The van der Waals surface area contributed by atoms with Gasteiger partial charge in [0, 0.05) is 40.8 Å². The van der Waals surface area contributed by atoms with Crippen LogP contribution >= 0.6 is 0 Å². The summed E-state index contributed by atoms with van der Waals surface area (Å²) in [6.07, 6.45) is 8.25. The van der Waals surface area contributed by atoms with E-state index in [4.69, 9.17) is 5.11 Å². The molecule has 0 aliphatic heterocycles. The fraction of sp³-hybridized carbons (Fsp3) is 0.185. The van der Waals surface area contributed by atoms with Gasteiger partial charge in [0.2, 0.25) is 10.0 Å². The van der Waals surface area contributed by atoms with E-state index in [-0.39, 0.29) is 17.9 Å². The van der Waals surface area contributed by atoms with Crippen LogP contribution in [-0.2, 0) is 16.6 Å². The van der Waals surface area contributed by atoms with Gasteiger partial charge in [-0.3, -0.25) is 13.8 Å². The molecule has 0 saturated heterocycles. The number of fused-ring (bicyclic) bond motifs is 1. The molecule has 0 spiro atoms. The van der Waals surface area contributed by atoms with Gasteiger partial charge in [-0.2, -0.15) is 5.10 Å². The highest BCUT2D eigenvalue weighted by molar-refractivity contribution is 7.93. The number of nitrogens with zero attached hydrogens (tertiary/aromatic N) is 4. The number of nitrogens with one attached hydrogen (secondary N) is 1. The second kappa shape index (κ2) is 9.34. The molecule has 0 amide bonds. The van der Waals surface area contributed by atoms with Gasteiger partial charge in [0.15, 0.2) is 0 Å². The van der Waals surface area contributed by atoms with Crippen molar-refractivity contribution >= 4 is 21.4 Å². The Bertz CT molecular complexity index is 1780. The lowest BCUT2D eigenvalue weighted by atomic mass is 10.00. The molecular weight excluding hydrogens is 512 g/mol. The minimum Gasteiger partial charge on any atom is -0.394 e. The molecule has 1 saturated carbocycles. The average molecular weight is 536 g/mol. The number of hydrogen-bond acceptors (Lipinski definition) is 5. The van der Waals surface area contributed by atoms with Gasteiger partial charge in [-0.05, 0) is 66.4 Å². The molecule has 1 fully saturated rings. The topological polar surface area (TPSA) is 102 Å². The molecule has 0 unspecified atom stereocenters. The maximum Gasteiger partial charge on any atom is 0.235 e. The highest BCUT2D eigenvalue weighted by Gasteiger charge is 2.35. The summed E-state index contributed by atoms with van der Waals surface area (Å²) in [6, 6.07) is 12.0. The number of aliphatic hydroxyl groups excluding tert-OH is 1. The minimum absolute atomic E-state index is 0.0105. The SMILES string of the molecule is O=S(=O)(Nc1cc(-c2ccc(F)cc2F)cc(-c2cnc3cc(-c4cnn(CCO)c4)ccn23)c1)C1CC1. The number of hydrogen-bond donors (Lipinski definition) is 2. The third-order valence-corrected chi connectivity index (χ3v) is 8.37. The van der Waals surface area contributed by atoms with Gasteiger partial charge in [0.1, 0.15) is 17.3 Å². The first-order chi connectivity index (χ1) is 18.3. The maximum atomic E-state index is 14.7. The van der Waals surface area contributed by atoms with E-state index in [1.165, 1.54) is 6.07 Å². The molecule has 1 aliphatic carbocycles. The van der Waals surface area contributed by atoms with Gasteiger partial charge in [-0.15, -0.1) is 0 Å². The van der Waals surface area contributed by atoms with E-state index < -0.39 is 26.9 Å². The summed E-state index contributed by atoms with van der Waals surface area (Å²) in [5.74, 6) is -1.45. The van der Waals surface area contributed by atoms with Crippen LogP contribution in [-0.4, -0.2) is 44.5 Å². The van der Waals surface area contributed by atoms with Gasteiger partial charge in [-0.25, -0.2) is 22.2 Å². The molecule has 38 heavy (non-hydrogen) atoms. The summed E-state index contributed by atoms with van der Waals surface area (Å²) in [6.45, 7) is 0.386. The van der Waals surface area contributed by atoms with Crippen molar-refractivity contribution in [1.29, 1.82) is 0 Å². The first kappa shape index (κ1) is 24.3. The summed E-state index contributed by atoms with van der Waals surface area (Å²) in [4.78, 5) is 4.53. The molecule has 0 atom stereocenters. The summed E-state index contributed by atoms with van der Waals surface area (Å²) in [5, 5.41) is 12.9. The summed E-state index contributed by atoms with van der Waals surface area (Å²) in [5.41, 5.74) is 4.51. The highest BCUT2D eigenvalue weighted by Crippen LogP contribution is 2.35. The molecule has 0 bridgehead atoms. The molecule has 8 nitrogen and oxygen atoms in total. The zero-order valence-electron chi connectivity index (χ0n) is 20.1. The van der Waals surface area contributed by atoms with Crippen molar-refractivity contribution in [3.05, 3.63) is 85.0 Å². The molecule has 2 N–H and O–H groups in total. The predicted octanol–water partition coefficient (Wildman–Crippen LogP) is 4.71. The maximum absolute atomic E-state index is 14.7. The molecular formula is C27H23F2N5O3S. The minimum atomic E-state index is -3.57. The standard InChI is InChI=1S/C27H23F2N5O3S/c28-21-1-4-24(25(29)13-21)18-9-19(11-22(10-18)32-38(36,37)23-2-3-23)26-15-30-27-12-17(5-6-34(26)27)20-14-31-33(16-20)7-8-35/h1,4-6,9-16,23,32,35H,2-3,7-8H2. The Morgan fingerprint density at radius 3 is 2.55 bits per heavy atom. The van der Waals surface area contributed by atoms with Gasteiger partial charge in [0.05, 0.1) is 36.5 Å². The molecule has 2 aromatic carbocycles. The normalized spacial score (nSPS) is 13.8. The van der Waals surface area contributed by atoms with Crippen molar-refractivity contribution in [2.45, 2.75) is 24.6 Å². The lowest BCUT2D eigenvalue weighted by Crippen LogP contribution is -2.17. The Hall–Kier alpha value is -4.09. The zero-order valence-corrected chi connectivity index (χ0v) is 20.9. The number of halogens is 2. The van der Waals surface area contributed by atoms with Gasteiger partial charge in [-0.1, -0.05) is 0 Å². The molecule has 0 radical (unpaired) electrons. The van der Waals surface area contributed by atoms with Gasteiger partial charge >= 0.3 is 0 Å². The molecule has 5 aromatic rings. The summed E-state index contributed by atoms with van der Waals surface area (Å²) >= 11 is 0. The van der Waals surface area contributed by atoms with Crippen molar-refractivity contribution < 1.29 is 22.3 Å². The Kier molecular flexibility index (Phi) is 5.96. The summed E-state index contributed by atoms with van der Waals surface area (Å²) in [7, 11) is -3.57. The van der Waals surface area contributed by atoms with E-state index in [1.807, 2.05) is 28.9 Å². The van der Waals surface area contributed by atoms with Crippen LogP contribution in [0.1, 0.15) is 12.8 Å². The highest BCUT2D eigenvalue weighted by atomic mass is 32.2. The number of benzene rings is 2. The Labute approximate surface area is 217 Å². The largest absolute Gasteiger partial charge is 0.394 e. The van der Waals surface area contributed by atoms with Crippen LogP contribution in [0.2, 0.25) is 0 Å². The lowest BCUT2D eigenvalue weighted by Gasteiger charge is -2.13. The van der Waals surface area contributed by atoms with E-state index >= 15 is 0 Å². The van der Waals surface area contributed by atoms with E-state index in [0.29, 0.717) is 41.9 Å². The monoisotopic (exact) mass is 535 g/mol. The van der Waals surface area contributed by atoms with Crippen molar-refractivity contribution in [3.63, 3.8) is 0 Å². The molecule has 194 valence electrons. The van der Waals surface area contributed by atoms with Crippen molar-refractivity contribution in [2.75, 3.05) is 11.3 Å². The van der Waals surface area contributed by atoms with Crippen LogP contribution in [0.3, 0.4) is 0 Å². The number of aromatic nitrogens is 4. The van der Waals surface area contributed by atoms with Crippen molar-refractivity contribution in [1.82, 2.24) is 19.2 Å². The number of pyridine rings is 1. The molecule has 3 heterocycles. The van der Waals surface area contributed by atoms with E-state index in [1.54, 1.807) is 35.3 Å². The fourth-order valence-corrected chi connectivity index (χ4v) is 5.82. The molecule has 1 aliphatic rings. The van der Waals surface area contributed by atoms with Crippen LogP contribution in [0.4, 0.5) is 14.5 Å². The zero-order chi connectivity index (χ0) is 26.4. The average Bonchev–Trinajstić information content (AvgIpc) is 3.51. The third kappa shape index (κ3) is 4.66. The lowest BCUT2D eigenvalue weighted by molar-refractivity contribution is 0.269. The number of aliphatic hydroxyl groups is 1. The van der Waals surface area contributed by atoms with Crippen LogP contribution < -0.4 is 4.72 Å². The number of imidazole rings is 1. The fourth-order valence-electron chi connectivity index (χ4n) is 4.45. The smallest absolute Gasteiger partial charge is 0.235 e. The quantitative estimate of drug-likeness (QED) is 0.300. The molecule has 11 heteroatoms. The van der Waals surface area contributed by atoms with Crippen LogP contribution in [0.5, 0.6) is 0 Å². The Balaban J connectivity index is 1.44. The van der Waals surface area contributed by atoms with E-state index in [0.717, 1.165) is 23.3 Å². The first-order valence-corrected chi connectivity index (χ1v) is 13.6. The second-order valence-electron chi connectivity index (χ2n) is 9.27. The Morgan fingerprint density at radius 1 is 0.974 bits per heavy atom. The second-order valence-corrected chi connectivity index (χ2v) is 11.2. The van der Waals surface area contributed by atoms with Gasteiger partial charge < -0.3 is 5.11 Å². The summed E-state index contributed by atoms with van der Waals surface area (Å²) < 4.78 is 59.8. The number of anilines is 1. The molecule has 3 aromatic heterocycles. The van der Waals surface area contributed by atoms with E-state index in [2.05, 4.69) is 14.8 Å². The van der Waals surface area contributed by atoms with Crippen LogP contribution in [0.15, 0.2) is 73.3 Å². The van der Waals surface area contributed by atoms with Crippen molar-refractivity contribution in [3.8, 4) is 33.5 Å². The predicted molar refractivity (Wildman–Crippen MR) is 140 cm³/mol. The number of rotatable bonds is 8. The Morgan fingerprint density at radius 2 is 1.79 bits per heavy atom.